The van der Waals surface area contributed by atoms with E-state index >= 15 is 0 Å². The average molecular weight is 224 g/mol. The molecule has 1 aromatic heterocycles. The third kappa shape index (κ3) is 4.02. The number of likely N-dealkylation sites (N-methyl/N-ethyl adjacent to an activating group) is 1. The van der Waals surface area contributed by atoms with Gasteiger partial charge in [-0.2, -0.15) is 5.10 Å². The van der Waals surface area contributed by atoms with Crippen molar-refractivity contribution in [2.24, 2.45) is 7.05 Å². The molecule has 1 amide bonds. The lowest BCUT2D eigenvalue weighted by molar-refractivity contribution is -0.129. The highest BCUT2D eigenvalue weighted by molar-refractivity contribution is 5.77. The van der Waals surface area contributed by atoms with E-state index in [-0.39, 0.29) is 5.91 Å². The third-order valence-corrected chi connectivity index (χ3v) is 2.31. The molecule has 5 heteroatoms. The van der Waals surface area contributed by atoms with Crippen LogP contribution in [0.1, 0.15) is 18.9 Å². The Morgan fingerprint density at radius 1 is 1.62 bits per heavy atom. The molecule has 0 fully saturated rings. The molecule has 0 saturated heterocycles. The molecule has 0 bridgehead atoms. The van der Waals surface area contributed by atoms with Gasteiger partial charge in [-0.25, -0.2) is 0 Å². The molecule has 0 aromatic carbocycles. The molecule has 1 N–H and O–H groups in total. The van der Waals surface area contributed by atoms with E-state index in [0.717, 1.165) is 18.5 Å². The van der Waals surface area contributed by atoms with Gasteiger partial charge in [0, 0.05) is 32.4 Å². The van der Waals surface area contributed by atoms with Gasteiger partial charge in [-0.15, -0.1) is 0 Å². The number of hydrogen-bond donors (Lipinski definition) is 1. The van der Waals surface area contributed by atoms with Gasteiger partial charge in [0.1, 0.15) is 0 Å². The van der Waals surface area contributed by atoms with Gasteiger partial charge in [0.05, 0.1) is 12.7 Å². The Morgan fingerprint density at radius 2 is 2.38 bits per heavy atom. The Hall–Kier alpha value is -1.36. The molecule has 1 heterocycles. The maximum Gasteiger partial charge on any atom is 0.236 e. The topological polar surface area (TPSA) is 50.2 Å². The number of amides is 1. The molecule has 0 aliphatic carbocycles. The number of carbonyl (C=O) groups is 1. The van der Waals surface area contributed by atoms with Crippen molar-refractivity contribution in [3.8, 4) is 0 Å². The molecule has 0 unspecified atom stereocenters. The summed E-state index contributed by atoms with van der Waals surface area (Å²) in [6.45, 7) is 3.98. The van der Waals surface area contributed by atoms with E-state index in [1.807, 2.05) is 20.3 Å². The van der Waals surface area contributed by atoms with Crippen LogP contribution >= 0.6 is 0 Å². The number of nitrogens with zero attached hydrogens (tertiary/aromatic N) is 3. The normalized spacial score (nSPS) is 10.4. The van der Waals surface area contributed by atoms with E-state index in [0.29, 0.717) is 13.1 Å². The molecule has 16 heavy (non-hydrogen) atoms. The Balaban J connectivity index is 2.34. The molecule has 5 nitrogen and oxygen atoms in total. The molecular weight excluding hydrogens is 204 g/mol. The molecule has 0 radical (unpaired) electrons. The van der Waals surface area contributed by atoms with Crippen LogP contribution in [0.5, 0.6) is 0 Å². The van der Waals surface area contributed by atoms with Gasteiger partial charge in [0.15, 0.2) is 0 Å². The number of carbonyl (C=O) groups excluding carboxylic acids is 1. The highest BCUT2D eigenvalue weighted by atomic mass is 16.2. The predicted molar refractivity (Wildman–Crippen MR) is 62.8 cm³/mol. The van der Waals surface area contributed by atoms with Gasteiger partial charge in [0.2, 0.25) is 5.91 Å². The van der Waals surface area contributed by atoms with Crippen LogP contribution in [0.2, 0.25) is 0 Å². The first kappa shape index (κ1) is 12.7. The predicted octanol–water partition coefficient (Wildman–Crippen LogP) is 0.378. The van der Waals surface area contributed by atoms with Crippen LogP contribution in [0.3, 0.4) is 0 Å². The number of nitrogens with one attached hydrogen (secondary N) is 1. The fraction of sp³-hybridized carbons (Fsp3) is 0.636. The van der Waals surface area contributed by atoms with Gasteiger partial charge in [0.25, 0.3) is 0 Å². The minimum absolute atomic E-state index is 0.109. The summed E-state index contributed by atoms with van der Waals surface area (Å²) >= 11 is 0. The molecule has 0 spiro atoms. The van der Waals surface area contributed by atoms with Crippen molar-refractivity contribution in [2.45, 2.75) is 19.9 Å². The molecular formula is C11H20N4O. The van der Waals surface area contributed by atoms with E-state index < -0.39 is 0 Å². The highest BCUT2D eigenvalue weighted by Crippen LogP contribution is 2.00. The summed E-state index contributed by atoms with van der Waals surface area (Å²) in [4.78, 5) is 13.4. The Morgan fingerprint density at radius 3 is 2.94 bits per heavy atom. The highest BCUT2D eigenvalue weighted by Gasteiger charge is 2.09. The summed E-state index contributed by atoms with van der Waals surface area (Å²) in [5.41, 5.74) is 1.05. The Bertz CT molecular complexity index is 334. The monoisotopic (exact) mass is 224 g/mol. The lowest BCUT2D eigenvalue weighted by Gasteiger charge is -2.16. The third-order valence-electron chi connectivity index (χ3n) is 2.31. The lowest BCUT2D eigenvalue weighted by atomic mass is 10.3. The first-order valence-electron chi connectivity index (χ1n) is 5.55. The summed E-state index contributed by atoms with van der Waals surface area (Å²) in [5, 5.41) is 7.16. The van der Waals surface area contributed by atoms with Crippen LogP contribution in [0.15, 0.2) is 12.4 Å². The fourth-order valence-corrected chi connectivity index (χ4v) is 1.42. The number of hydrogen-bond acceptors (Lipinski definition) is 3. The summed E-state index contributed by atoms with van der Waals surface area (Å²) in [6, 6.07) is 0. The van der Waals surface area contributed by atoms with E-state index in [2.05, 4.69) is 17.3 Å². The first-order valence-corrected chi connectivity index (χ1v) is 5.55. The minimum Gasteiger partial charge on any atom is -0.340 e. The van der Waals surface area contributed by atoms with Crippen LogP contribution < -0.4 is 5.32 Å². The zero-order valence-corrected chi connectivity index (χ0v) is 10.2. The standard InChI is InChI=1S/C11H20N4O/c1-4-5-12-7-11(16)14(2)8-10-6-13-15(3)9-10/h6,9,12H,4-5,7-8H2,1-3H3. The van der Waals surface area contributed by atoms with Gasteiger partial charge < -0.3 is 10.2 Å². The van der Waals surface area contributed by atoms with Crippen molar-refractivity contribution in [3.63, 3.8) is 0 Å². The molecule has 0 atom stereocenters. The van der Waals surface area contributed by atoms with Gasteiger partial charge in [-0.1, -0.05) is 6.92 Å². The quantitative estimate of drug-likeness (QED) is 0.711. The van der Waals surface area contributed by atoms with Crippen molar-refractivity contribution >= 4 is 5.91 Å². The number of aryl methyl sites for hydroxylation is 1. The molecule has 0 saturated carbocycles. The second kappa shape index (κ2) is 6.27. The molecule has 0 aliphatic rings. The Labute approximate surface area is 96.4 Å². The minimum atomic E-state index is 0.109. The first-order chi connectivity index (χ1) is 7.63. The molecule has 0 aliphatic heterocycles. The summed E-state index contributed by atoms with van der Waals surface area (Å²) < 4.78 is 1.74. The second-order valence-corrected chi connectivity index (χ2v) is 3.95. The maximum absolute atomic E-state index is 11.7. The smallest absolute Gasteiger partial charge is 0.236 e. The van der Waals surface area contributed by atoms with Crippen LogP contribution in [0.4, 0.5) is 0 Å². The maximum atomic E-state index is 11.7. The van der Waals surface area contributed by atoms with E-state index in [1.54, 1.807) is 15.8 Å². The second-order valence-electron chi connectivity index (χ2n) is 3.95. The fourth-order valence-electron chi connectivity index (χ4n) is 1.42. The van der Waals surface area contributed by atoms with Gasteiger partial charge in [-0.05, 0) is 13.0 Å². The summed E-state index contributed by atoms with van der Waals surface area (Å²) in [7, 11) is 3.68. The van der Waals surface area contributed by atoms with Crippen molar-refractivity contribution in [1.29, 1.82) is 0 Å². The van der Waals surface area contributed by atoms with Crippen LogP contribution in [0.25, 0.3) is 0 Å². The number of rotatable bonds is 6. The van der Waals surface area contributed by atoms with Crippen molar-refractivity contribution in [1.82, 2.24) is 20.0 Å². The van der Waals surface area contributed by atoms with E-state index in [4.69, 9.17) is 0 Å². The summed E-state index contributed by atoms with van der Waals surface area (Å²) in [5.74, 6) is 0.109. The zero-order valence-electron chi connectivity index (χ0n) is 10.2. The van der Waals surface area contributed by atoms with Gasteiger partial charge >= 0.3 is 0 Å². The van der Waals surface area contributed by atoms with Crippen molar-refractivity contribution in [2.75, 3.05) is 20.1 Å². The molecule has 90 valence electrons. The van der Waals surface area contributed by atoms with Crippen LogP contribution in [-0.4, -0.2) is 40.7 Å². The average Bonchev–Trinajstić information content (AvgIpc) is 2.64. The zero-order chi connectivity index (χ0) is 12.0. The SMILES string of the molecule is CCCNCC(=O)N(C)Cc1cnn(C)c1. The van der Waals surface area contributed by atoms with E-state index in [9.17, 15) is 4.79 Å². The number of aromatic nitrogens is 2. The van der Waals surface area contributed by atoms with Gasteiger partial charge in [-0.3, -0.25) is 9.48 Å². The van der Waals surface area contributed by atoms with Crippen LogP contribution in [0, 0.1) is 0 Å². The molecule has 1 rings (SSSR count). The lowest BCUT2D eigenvalue weighted by Crippen LogP contribution is -2.35. The summed E-state index contributed by atoms with van der Waals surface area (Å²) in [6.07, 6.45) is 4.74. The Kier molecular flexibility index (Phi) is 4.98. The van der Waals surface area contributed by atoms with Crippen LogP contribution in [-0.2, 0) is 18.4 Å². The molecule has 1 aromatic rings. The largest absolute Gasteiger partial charge is 0.340 e. The van der Waals surface area contributed by atoms with E-state index in [1.165, 1.54) is 0 Å². The van der Waals surface area contributed by atoms with Crippen molar-refractivity contribution < 1.29 is 4.79 Å². The van der Waals surface area contributed by atoms with Crippen molar-refractivity contribution in [3.05, 3.63) is 18.0 Å².